The lowest BCUT2D eigenvalue weighted by Gasteiger charge is -2.14. The van der Waals surface area contributed by atoms with Gasteiger partial charge in [0.2, 0.25) is 0 Å². The molecule has 3 rings (SSSR count). The highest BCUT2D eigenvalue weighted by molar-refractivity contribution is 5.84. The van der Waals surface area contributed by atoms with E-state index in [4.69, 9.17) is 5.73 Å². The largest absolute Gasteiger partial charge is 0.322 e. The van der Waals surface area contributed by atoms with Crippen LogP contribution in [0.1, 0.15) is 17.3 Å². The van der Waals surface area contributed by atoms with E-state index in [0.29, 0.717) is 5.69 Å². The highest BCUT2D eigenvalue weighted by atomic mass is 19.2. The van der Waals surface area contributed by atoms with E-state index in [1.807, 2.05) is 30.3 Å². The first-order valence-corrected chi connectivity index (χ1v) is 6.69. The fraction of sp³-hybridized carbons (Fsp3) is 0.118. The lowest BCUT2D eigenvalue weighted by molar-refractivity contribution is 0.493. The van der Waals surface area contributed by atoms with Gasteiger partial charge < -0.3 is 5.73 Å². The van der Waals surface area contributed by atoms with Crippen LogP contribution in [0, 0.1) is 11.6 Å². The Bertz CT molecular complexity index is 781. The van der Waals surface area contributed by atoms with Crippen molar-refractivity contribution in [2.75, 3.05) is 0 Å². The van der Waals surface area contributed by atoms with Gasteiger partial charge in [0.1, 0.15) is 0 Å². The molecule has 1 unspecified atom stereocenters. The average Bonchev–Trinajstić information content (AvgIpc) is 2.51. The SMILES string of the molecule is NC(Cc1cccc(F)c1F)c1nccc2ccccc12. The molecule has 0 fully saturated rings. The van der Waals surface area contributed by atoms with E-state index in [1.54, 1.807) is 12.3 Å². The van der Waals surface area contributed by atoms with Gasteiger partial charge in [-0.1, -0.05) is 36.4 Å². The van der Waals surface area contributed by atoms with Crippen molar-refractivity contribution < 1.29 is 8.78 Å². The quantitative estimate of drug-likeness (QED) is 0.795. The maximum Gasteiger partial charge on any atom is 0.162 e. The third-order valence-electron chi connectivity index (χ3n) is 3.53. The number of hydrogen-bond acceptors (Lipinski definition) is 2. The number of nitrogens with two attached hydrogens (primary N) is 1. The Morgan fingerprint density at radius 3 is 2.67 bits per heavy atom. The highest BCUT2D eigenvalue weighted by Gasteiger charge is 2.15. The van der Waals surface area contributed by atoms with Crippen LogP contribution >= 0.6 is 0 Å². The Morgan fingerprint density at radius 2 is 1.81 bits per heavy atom. The van der Waals surface area contributed by atoms with Gasteiger partial charge in [0.05, 0.1) is 11.7 Å². The smallest absolute Gasteiger partial charge is 0.162 e. The number of nitrogens with zero attached hydrogens (tertiary/aromatic N) is 1. The first kappa shape index (κ1) is 13.6. The van der Waals surface area contributed by atoms with Crippen LogP contribution in [0.2, 0.25) is 0 Å². The van der Waals surface area contributed by atoms with E-state index in [-0.39, 0.29) is 12.0 Å². The number of pyridine rings is 1. The van der Waals surface area contributed by atoms with Gasteiger partial charge in [-0.15, -0.1) is 0 Å². The van der Waals surface area contributed by atoms with Crippen molar-refractivity contribution in [3.05, 3.63) is 77.6 Å². The summed E-state index contributed by atoms with van der Waals surface area (Å²) >= 11 is 0. The highest BCUT2D eigenvalue weighted by Crippen LogP contribution is 2.24. The molecule has 0 amide bonds. The summed E-state index contributed by atoms with van der Waals surface area (Å²) in [4.78, 5) is 4.31. The Balaban J connectivity index is 1.97. The maximum atomic E-state index is 13.7. The lowest BCUT2D eigenvalue weighted by Crippen LogP contribution is -2.16. The summed E-state index contributed by atoms with van der Waals surface area (Å²) in [5, 5.41) is 1.96. The van der Waals surface area contributed by atoms with Crippen molar-refractivity contribution in [2.45, 2.75) is 12.5 Å². The molecule has 0 aliphatic heterocycles. The minimum atomic E-state index is -0.856. The predicted octanol–water partition coefficient (Wildman–Crippen LogP) is 3.76. The fourth-order valence-corrected chi connectivity index (χ4v) is 2.48. The van der Waals surface area contributed by atoms with Crippen molar-refractivity contribution in [3.63, 3.8) is 0 Å². The molecule has 0 saturated heterocycles. The average molecular weight is 284 g/mol. The van der Waals surface area contributed by atoms with E-state index < -0.39 is 17.7 Å². The van der Waals surface area contributed by atoms with Crippen LogP contribution in [0.15, 0.2) is 54.7 Å². The normalized spacial score (nSPS) is 12.5. The molecule has 2 N–H and O–H groups in total. The van der Waals surface area contributed by atoms with E-state index in [2.05, 4.69) is 4.98 Å². The summed E-state index contributed by atoms with van der Waals surface area (Å²) in [5.41, 5.74) is 7.11. The Morgan fingerprint density at radius 1 is 1.00 bits per heavy atom. The molecule has 106 valence electrons. The molecule has 2 aromatic carbocycles. The second-order valence-corrected chi connectivity index (χ2v) is 4.94. The molecular formula is C17H14F2N2. The molecule has 1 aromatic heterocycles. The first-order chi connectivity index (χ1) is 10.2. The van der Waals surface area contributed by atoms with Crippen LogP contribution in [0.4, 0.5) is 8.78 Å². The van der Waals surface area contributed by atoms with Crippen molar-refractivity contribution in [3.8, 4) is 0 Å². The summed E-state index contributed by atoms with van der Waals surface area (Å²) in [6, 6.07) is 13.3. The number of halogens is 2. The van der Waals surface area contributed by atoms with E-state index >= 15 is 0 Å². The molecule has 2 nitrogen and oxygen atoms in total. The standard InChI is InChI=1S/C17H14F2N2/c18-14-7-3-5-12(16(14)19)10-15(20)17-13-6-2-1-4-11(13)8-9-21-17/h1-9,15H,10,20H2. The van der Waals surface area contributed by atoms with Gasteiger partial charge in [-0.25, -0.2) is 8.78 Å². The van der Waals surface area contributed by atoms with E-state index in [9.17, 15) is 8.78 Å². The second kappa shape index (κ2) is 5.58. The van der Waals surface area contributed by atoms with Gasteiger partial charge in [0.25, 0.3) is 0 Å². The summed E-state index contributed by atoms with van der Waals surface area (Å²) in [6.07, 6.45) is 1.88. The molecule has 0 bridgehead atoms. The number of benzene rings is 2. The summed E-state index contributed by atoms with van der Waals surface area (Å²) in [6.45, 7) is 0. The third-order valence-corrected chi connectivity index (χ3v) is 3.53. The molecule has 3 aromatic rings. The van der Waals surface area contributed by atoms with Crippen LogP contribution in [-0.2, 0) is 6.42 Å². The van der Waals surface area contributed by atoms with Gasteiger partial charge in [0.15, 0.2) is 11.6 Å². The summed E-state index contributed by atoms with van der Waals surface area (Å²) in [5.74, 6) is -1.70. The zero-order valence-electron chi connectivity index (χ0n) is 11.3. The molecular weight excluding hydrogens is 270 g/mol. The zero-order valence-corrected chi connectivity index (χ0v) is 11.3. The van der Waals surface area contributed by atoms with Crippen LogP contribution < -0.4 is 5.73 Å². The minimum Gasteiger partial charge on any atom is -0.322 e. The number of hydrogen-bond donors (Lipinski definition) is 1. The van der Waals surface area contributed by atoms with Gasteiger partial charge in [0, 0.05) is 11.6 Å². The van der Waals surface area contributed by atoms with Crippen molar-refractivity contribution in [1.29, 1.82) is 0 Å². The number of aromatic nitrogens is 1. The van der Waals surface area contributed by atoms with Crippen molar-refractivity contribution >= 4 is 10.8 Å². The Labute approximate surface area is 121 Å². The Hall–Kier alpha value is -2.33. The van der Waals surface area contributed by atoms with Gasteiger partial charge >= 0.3 is 0 Å². The molecule has 4 heteroatoms. The molecule has 0 aliphatic carbocycles. The van der Waals surface area contributed by atoms with E-state index in [1.165, 1.54) is 6.07 Å². The molecule has 1 heterocycles. The molecule has 0 radical (unpaired) electrons. The summed E-state index contributed by atoms with van der Waals surface area (Å²) in [7, 11) is 0. The fourth-order valence-electron chi connectivity index (χ4n) is 2.48. The first-order valence-electron chi connectivity index (χ1n) is 6.69. The third kappa shape index (κ3) is 2.62. The number of rotatable bonds is 3. The number of fused-ring (bicyclic) bond motifs is 1. The lowest BCUT2D eigenvalue weighted by atomic mass is 9.99. The van der Waals surface area contributed by atoms with Crippen LogP contribution in [0.3, 0.4) is 0 Å². The van der Waals surface area contributed by atoms with E-state index in [0.717, 1.165) is 16.8 Å². The molecule has 0 spiro atoms. The van der Waals surface area contributed by atoms with Gasteiger partial charge in [-0.3, -0.25) is 4.98 Å². The summed E-state index contributed by atoms with van der Waals surface area (Å²) < 4.78 is 27.0. The second-order valence-electron chi connectivity index (χ2n) is 4.94. The monoisotopic (exact) mass is 284 g/mol. The van der Waals surface area contributed by atoms with Gasteiger partial charge in [-0.2, -0.15) is 0 Å². The zero-order chi connectivity index (χ0) is 14.8. The molecule has 21 heavy (non-hydrogen) atoms. The van der Waals surface area contributed by atoms with Crippen molar-refractivity contribution in [2.24, 2.45) is 5.73 Å². The molecule has 1 atom stereocenters. The van der Waals surface area contributed by atoms with Crippen LogP contribution in [0.5, 0.6) is 0 Å². The van der Waals surface area contributed by atoms with Gasteiger partial charge in [-0.05, 0) is 29.5 Å². The molecule has 0 aliphatic rings. The Kier molecular flexibility index (Phi) is 3.62. The minimum absolute atomic E-state index is 0.199. The van der Waals surface area contributed by atoms with Crippen LogP contribution in [-0.4, -0.2) is 4.98 Å². The topological polar surface area (TPSA) is 38.9 Å². The van der Waals surface area contributed by atoms with Crippen LogP contribution in [0.25, 0.3) is 10.8 Å². The maximum absolute atomic E-state index is 13.7. The predicted molar refractivity (Wildman–Crippen MR) is 78.7 cm³/mol. The molecule has 0 saturated carbocycles. The van der Waals surface area contributed by atoms with Crippen molar-refractivity contribution in [1.82, 2.24) is 4.98 Å².